The van der Waals surface area contributed by atoms with E-state index in [1.807, 2.05) is 0 Å². The maximum absolute atomic E-state index is 11.0. The van der Waals surface area contributed by atoms with Gasteiger partial charge in [0.2, 0.25) is 0 Å². The first kappa shape index (κ1) is 15.2. The molecule has 0 saturated carbocycles. The molecule has 0 radical (unpaired) electrons. The maximum Gasteiger partial charge on any atom is 0.254 e. The zero-order valence-corrected chi connectivity index (χ0v) is 11.1. The van der Waals surface area contributed by atoms with Gasteiger partial charge in [0.05, 0.1) is 19.4 Å². The lowest BCUT2D eigenvalue weighted by atomic mass is 10.2. The number of hydrogen-bond donors (Lipinski definition) is 1. The summed E-state index contributed by atoms with van der Waals surface area (Å²) in [6, 6.07) is 6.95. The number of amides is 1. The fourth-order valence-electron chi connectivity index (χ4n) is 1.32. The van der Waals surface area contributed by atoms with Crippen LogP contribution in [0, 0.1) is 11.3 Å². The van der Waals surface area contributed by atoms with E-state index in [2.05, 4.69) is 17.1 Å². The Labute approximate surface area is 117 Å². The summed E-state index contributed by atoms with van der Waals surface area (Å²) in [5.74, 6) is 0.693. The van der Waals surface area contributed by atoms with Gasteiger partial charge in [0.1, 0.15) is 13.0 Å². The third-order valence-electron chi connectivity index (χ3n) is 2.19. The number of hydrazone groups is 1. The second-order valence-electron chi connectivity index (χ2n) is 3.64. The Kier molecular flexibility index (Phi) is 6.34. The maximum atomic E-state index is 11.0. The van der Waals surface area contributed by atoms with E-state index in [0.717, 1.165) is 5.56 Å². The Morgan fingerprint density at radius 1 is 1.55 bits per heavy atom. The highest BCUT2D eigenvalue weighted by molar-refractivity contribution is 5.83. The predicted octanol–water partition coefficient (Wildman–Crippen LogP) is 1.62. The van der Waals surface area contributed by atoms with Crippen LogP contribution in [0.4, 0.5) is 0 Å². The van der Waals surface area contributed by atoms with Gasteiger partial charge in [-0.25, -0.2) is 5.43 Å². The number of nitrogens with one attached hydrogen (secondary N) is 1. The van der Waals surface area contributed by atoms with Crippen molar-refractivity contribution in [1.82, 2.24) is 5.43 Å². The summed E-state index contributed by atoms with van der Waals surface area (Å²) in [7, 11) is 1.53. The number of benzene rings is 1. The second-order valence-corrected chi connectivity index (χ2v) is 3.64. The van der Waals surface area contributed by atoms with Gasteiger partial charge in [0.15, 0.2) is 11.5 Å². The summed E-state index contributed by atoms with van der Waals surface area (Å²) in [5.41, 5.74) is 2.97. The van der Waals surface area contributed by atoms with Crippen LogP contribution in [0.5, 0.6) is 11.5 Å². The highest BCUT2D eigenvalue weighted by Crippen LogP contribution is 2.27. The summed E-state index contributed by atoms with van der Waals surface area (Å²) in [4.78, 5) is 11.0. The van der Waals surface area contributed by atoms with Crippen LogP contribution in [0.2, 0.25) is 0 Å². The Morgan fingerprint density at radius 3 is 3.00 bits per heavy atom. The Morgan fingerprint density at radius 2 is 2.35 bits per heavy atom. The SMILES string of the molecule is C=CCOc1ccc(C=NNC(=O)CC#N)cc1OC. The van der Waals surface area contributed by atoms with Crippen LogP contribution in [0.1, 0.15) is 12.0 Å². The van der Waals surface area contributed by atoms with E-state index < -0.39 is 5.91 Å². The molecule has 0 unspecified atom stereocenters. The summed E-state index contributed by atoms with van der Waals surface area (Å²) in [6.07, 6.45) is 2.86. The van der Waals surface area contributed by atoms with E-state index in [0.29, 0.717) is 18.1 Å². The molecule has 0 spiro atoms. The van der Waals surface area contributed by atoms with Crippen molar-refractivity contribution in [2.75, 3.05) is 13.7 Å². The molecule has 0 bridgehead atoms. The van der Waals surface area contributed by atoms with Crippen molar-refractivity contribution in [2.24, 2.45) is 5.10 Å². The number of ether oxygens (including phenoxy) is 2. The third kappa shape index (κ3) is 4.82. The fourth-order valence-corrected chi connectivity index (χ4v) is 1.32. The van der Waals surface area contributed by atoms with Crippen molar-refractivity contribution in [3.63, 3.8) is 0 Å². The molecule has 0 atom stereocenters. The summed E-state index contributed by atoms with van der Waals surface area (Å²) < 4.78 is 10.6. The van der Waals surface area contributed by atoms with Gasteiger partial charge in [-0.1, -0.05) is 12.7 Å². The van der Waals surface area contributed by atoms with Gasteiger partial charge in [-0.05, 0) is 23.8 Å². The van der Waals surface area contributed by atoms with E-state index >= 15 is 0 Å². The molecule has 0 aromatic heterocycles. The van der Waals surface area contributed by atoms with Crippen LogP contribution in [0.15, 0.2) is 36.0 Å². The van der Waals surface area contributed by atoms with Gasteiger partial charge in [-0.15, -0.1) is 0 Å². The van der Waals surface area contributed by atoms with Crippen LogP contribution in [0.3, 0.4) is 0 Å². The lowest BCUT2D eigenvalue weighted by molar-refractivity contribution is -0.120. The molecular formula is C14H15N3O3. The lowest BCUT2D eigenvalue weighted by Gasteiger charge is -2.09. The number of rotatable bonds is 7. The number of nitriles is 1. The van der Waals surface area contributed by atoms with Crippen LogP contribution in [-0.4, -0.2) is 25.8 Å². The van der Waals surface area contributed by atoms with Crippen LogP contribution >= 0.6 is 0 Å². The Bertz CT molecular complexity index is 547. The largest absolute Gasteiger partial charge is 0.493 e. The van der Waals surface area contributed by atoms with E-state index in [-0.39, 0.29) is 6.42 Å². The average molecular weight is 273 g/mol. The normalized spacial score (nSPS) is 9.80. The smallest absolute Gasteiger partial charge is 0.254 e. The standard InChI is InChI=1S/C14H15N3O3/c1-3-8-20-12-5-4-11(9-13(12)19-2)10-16-17-14(18)6-7-15/h3-5,9-10H,1,6,8H2,2H3,(H,17,18). The van der Waals surface area contributed by atoms with Crippen LogP contribution in [-0.2, 0) is 4.79 Å². The molecule has 1 aromatic carbocycles. The monoisotopic (exact) mass is 273 g/mol. The molecule has 6 heteroatoms. The van der Waals surface area contributed by atoms with Crippen molar-refractivity contribution in [1.29, 1.82) is 5.26 Å². The molecule has 20 heavy (non-hydrogen) atoms. The molecule has 0 aliphatic rings. The summed E-state index contributed by atoms with van der Waals surface area (Å²) >= 11 is 0. The van der Waals surface area contributed by atoms with Crippen molar-refractivity contribution in [3.8, 4) is 17.6 Å². The van der Waals surface area contributed by atoms with Crippen molar-refractivity contribution < 1.29 is 14.3 Å². The highest BCUT2D eigenvalue weighted by atomic mass is 16.5. The van der Waals surface area contributed by atoms with Crippen molar-refractivity contribution in [2.45, 2.75) is 6.42 Å². The molecule has 6 nitrogen and oxygen atoms in total. The number of carbonyl (C=O) groups is 1. The van der Waals surface area contributed by atoms with Gasteiger partial charge in [-0.2, -0.15) is 10.4 Å². The van der Waals surface area contributed by atoms with Gasteiger partial charge in [0.25, 0.3) is 5.91 Å². The summed E-state index contributed by atoms with van der Waals surface area (Å²) in [6.45, 7) is 3.95. The van der Waals surface area contributed by atoms with Crippen LogP contribution in [0.25, 0.3) is 0 Å². The highest BCUT2D eigenvalue weighted by Gasteiger charge is 2.04. The molecular weight excluding hydrogens is 258 g/mol. The lowest BCUT2D eigenvalue weighted by Crippen LogP contribution is -2.16. The van der Waals surface area contributed by atoms with Crippen LogP contribution < -0.4 is 14.9 Å². The zero-order valence-electron chi connectivity index (χ0n) is 11.1. The van der Waals surface area contributed by atoms with Crippen molar-refractivity contribution in [3.05, 3.63) is 36.4 Å². The average Bonchev–Trinajstić information content (AvgIpc) is 2.46. The molecule has 0 saturated heterocycles. The van der Waals surface area contributed by atoms with E-state index in [1.54, 1.807) is 30.3 Å². The minimum absolute atomic E-state index is 0.227. The molecule has 1 N–H and O–H groups in total. The van der Waals surface area contributed by atoms with Crippen molar-refractivity contribution >= 4 is 12.1 Å². The molecule has 1 amide bonds. The first-order valence-corrected chi connectivity index (χ1v) is 5.82. The van der Waals surface area contributed by atoms with Gasteiger partial charge >= 0.3 is 0 Å². The molecule has 0 heterocycles. The predicted molar refractivity (Wildman–Crippen MR) is 74.7 cm³/mol. The fraction of sp³-hybridized carbons (Fsp3) is 0.214. The van der Waals surface area contributed by atoms with E-state index in [4.69, 9.17) is 14.7 Å². The van der Waals surface area contributed by atoms with E-state index in [1.165, 1.54) is 13.3 Å². The topological polar surface area (TPSA) is 83.7 Å². The number of nitrogens with zero attached hydrogens (tertiary/aromatic N) is 2. The molecule has 104 valence electrons. The number of carbonyl (C=O) groups excluding carboxylic acids is 1. The quantitative estimate of drug-likeness (QED) is 0.465. The first-order valence-electron chi connectivity index (χ1n) is 5.82. The number of methoxy groups -OCH3 is 1. The third-order valence-corrected chi connectivity index (χ3v) is 2.19. The van der Waals surface area contributed by atoms with Gasteiger partial charge in [-0.3, -0.25) is 4.79 Å². The Balaban J connectivity index is 2.72. The molecule has 0 aliphatic carbocycles. The van der Waals surface area contributed by atoms with Gasteiger partial charge < -0.3 is 9.47 Å². The molecule has 1 aromatic rings. The first-order chi connectivity index (χ1) is 9.71. The Hall–Kier alpha value is -2.81. The molecule has 1 rings (SSSR count). The zero-order chi connectivity index (χ0) is 14.8. The van der Waals surface area contributed by atoms with E-state index in [9.17, 15) is 4.79 Å². The minimum Gasteiger partial charge on any atom is -0.493 e. The second kappa shape index (κ2) is 8.32. The molecule has 0 fully saturated rings. The molecule has 0 aliphatic heterocycles. The number of hydrogen-bond acceptors (Lipinski definition) is 5. The minimum atomic E-state index is -0.457. The summed E-state index contributed by atoms with van der Waals surface area (Å²) in [5, 5.41) is 12.1. The van der Waals surface area contributed by atoms with Gasteiger partial charge in [0, 0.05) is 0 Å².